The second kappa shape index (κ2) is 5.94. The van der Waals surface area contributed by atoms with Gasteiger partial charge in [0, 0.05) is 12.6 Å². The van der Waals surface area contributed by atoms with Crippen LogP contribution in [0.15, 0.2) is 12.1 Å². The van der Waals surface area contributed by atoms with Gasteiger partial charge in [0.15, 0.2) is 0 Å². The molecule has 3 rings (SSSR count). The van der Waals surface area contributed by atoms with Crippen molar-refractivity contribution in [2.24, 2.45) is 11.8 Å². The van der Waals surface area contributed by atoms with Crippen LogP contribution < -0.4 is 14.8 Å². The number of benzene rings is 1. The number of nitrogens with one attached hydrogen (secondary N) is 1. The van der Waals surface area contributed by atoms with Crippen molar-refractivity contribution in [1.82, 2.24) is 0 Å². The summed E-state index contributed by atoms with van der Waals surface area (Å²) in [5.74, 6) is 3.45. The average molecular weight is 275 g/mol. The largest absolute Gasteiger partial charge is 0.497 e. The van der Waals surface area contributed by atoms with Crippen molar-refractivity contribution in [3.05, 3.63) is 17.7 Å². The molecule has 1 aliphatic carbocycles. The van der Waals surface area contributed by atoms with Gasteiger partial charge in [-0.3, -0.25) is 0 Å². The summed E-state index contributed by atoms with van der Waals surface area (Å²) in [7, 11) is 3.44. The average Bonchev–Trinajstić information content (AvgIpc) is 2.54. The van der Waals surface area contributed by atoms with E-state index < -0.39 is 0 Å². The molecule has 0 saturated heterocycles. The Balaban J connectivity index is 1.82. The van der Waals surface area contributed by atoms with Gasteiger partial charge in [0.1, 0.15) is 11.5 Å². The van der Waals surface area contributed by atoms with Gasteiger partial charge in [0.2, 0.25) is 0 Å². The summed E-state index contributed by atoms with van der Waals surface area (Å²) in [5.41, 5.74) is 2.52. The molecule has 0 bridgehead atoms. The minimum Gasteiger partial charge on any atom is -0.497 e. The van der Waals surface area contributed by atoms with Gasteiger partial charge in [0.25, 0.3) is 0 Å². The Kier molecular flexibility index (Phi) is 4.04. The molecule has 1 aromatic carbocycles. The summed E-state index contributed by atoms with van der Waals surface area (Å²) in [6.07, 6.45) is 8.21. The smallest absolute Gasteiger partial charge is 0.145 e. The maximum atomic E-state index is 5.49. The van der Waals surface area contributed by atoms with E-state index >= 15 is 0 Å². The highest BCUT2D eigenvalue weighted by atomic mass is 16.5. The third-order valence-electron chi connectivity index (χ3n) is 4.95. The number of fused-ring (bicyclic) bond motifs is 1. The molecule has 0 aromatic heterocycles. The molecule has 1 aromatic rings. The van der Waals surface area contributed by atoms with E-state index in [1.54, 1.807) is 14.2 Å². The Morgan fingerprint density at radius 1 is 1.00 bits per heavy atom. The Morgan fingerprint density at radius 3 is 2.50 bits per heavy atom. The van der Waals surface area contributed by atoms with Gasteiger partial charge in [-0.25, -0.2) is 0 Å². The van der Waals surface area contributed by atoms with Crippen molar-refractivity contribution in [1.29, 1.82) is 0 Å². The second-order valence-corrected chi connectivity index (χ2v) is 6.11. The quantitative estimate of drug-likeness (QED) is 0.908. The van der Waals surface area contributed by atoms with Crippen LogP contribution in [-0.4, -0.2) is 20.8 Å². The molecule has 0 spiro atoms. The van der Waals surface area contributed by atoms with Gasteiger partial charge in [-0.1, -0.05) is 32.1 Å². The lowest BCUT2D eigenvalue weighted by molar-refractivity contribution is 0.251. The fraction of sp³-hybridized carbons (Fsp3) is 0.647. The van der Waals surface area contributed by atoms with Crippen LogP contribution in [0.4, 0.5) is 5.69 Å². The Hall–Kier alpha value is -1.38. The minimum atomic E-state index is 0.764. The van der Waals surface area contributed by atoms with Gasteiger partial charge < -0.3 is 14.8 Å². The Labute approximate surface area is 121 Å². The van der Waals surface area contributed by atoms with Crippen LogP contribution in [0.2, 0.25) is 0 Å². The molecular formula is C17H25NO2. The number of hydrogen-bond acceptors (Lipinski definition) is 3. The van der Waals surface area contributed by atoms with E-state index in [0.29, 0.717) is 0 Å². The van der Waals surface area contributed by atoms with Crippen LogP contribution >= 0.6 is 0 Å². The molecule has 2 aliphatic rings. The Bertz CT molecular complexity index is 466. The minimum absolute atomic E-state index is 0.764. The normalized spacial score (nSPS) is 22.8. The summed E-state index contributed by atoms with van der Waals surface area (Å²) < 4.78 is 10.9. The van der Waals surface area contributed by atoms with Gasteiger partial charge in [-0.15, -0.1) is 0 Å². The topological polar surface area (TPSA) is 30.5 Å². The van der Waals surface area contributed by atoms with E-state index in [9.17, 15) is 0 Å². The van der Waals surface area contributed by atoms with Crippen molar-refractivity contribution in [3.63, 3.8) is 0 Å². The van der Waals surface area contributed by atoms with Crippen LogP contribution in [0.1, 0.15) is 37.7 Å². The standard InChI is InChI=1S/C17H25NO2/c1-19-15-9-13-8-14(12-6-4-3-5-7-12)11-18-17(13)16(10-15)20-2/h9-10,12,14,18H,3-8,11H2,1-2H3. The summed E-state index contributed by atoms with van der Waals surface area (Å²) in [4.78, 5) is 0. The molecular weight excluding hydrogens is 250 g/mol. The van der Waals surface area contributed by atoms with Gasteiger partial charge in [-0.2, -0.15) is 0 Å². The first-order chi connectivity index (χ1) is 9.81. The maximum absolute atomic E-state index is 5.49. The van der Waals surface area contributed by atoms with Gasteiger partial charge >= 0.3 is 0 Å². The van der Waals surface area contributed by atoms with Crippen LogP contribution in [-0.2, 0) is 6.42 Å². The molecule has 0 amide bonds. The van der Waals surface area contributed by atoms with Crippen LogP contribution in [0.3, 0.4) is 0 Å². The number of rotatable bonds is 3. The summed E-state index contributed by atoms with van der Waals surface area (Å²) in [6, 6.07) is 4.13. The maximum Gasteiger partial charge on any atom is 0.145 e. The zero-order valence-corrected chi connectivity index (χ0v) is 12.6. The summed E-state index contributed by atoms with van der Waals surface area (Å²) >= 11 is 0. The van der Waals surface area contributed by atoms with Crippen molar-refractivity contribution in [3.8, 4) is 11.5 Å². The molecule has 3 nitrogen and oxygen atoms in total. The number of methoxy groups -OCH3 is 2. The Morgan fingerprint density at radius 2 is 1.80 bits per heavy atom. The lowest BCUT2D eigenvalue weighted by Crippen LogP contribution is -2.31. The third-order valence-corrected chi connectivity index (χ3v) is 4.95. The molecule has 20 heavy (non-hydrogen) atoms. The van der Waals surface area contributed by atoms with Crippen molar-refractivity contribution in [2.75, 3.05) is 26.1 Å². The predicted octanol–water partition coefficient (Wildman–Crippen LogP) is 3.87. The monoisotopic (exact) mass is 275 g/mol. The van der Waals surface area contributed by atoms with E-state index in [2.05, 4.69) is 11.4 Å². The van der Waals surface area contributed by atoms with E-state index in [-0.39, 0.29) is 0 Å². The molecule has 1 aliphatic heterocycles. The van der Waals surface area contributed by atoms with Gasteiger partial charge in [-0.05, 0) is 29.9 Å². The number of anilines is 1. The fourth-order valence-corrected chi connectivity index (χ4v) is 3.81. The van der Waals surface area contributed by atoms with Crippen molar-refractivity contribution < 1.29 is 9.47 Å². The molecule has 1 heterocycles. The highest BCUT2D eigenvalue weighted by Gasteiger charge is 2.29. The molecule has 1 atom stereocenters. The van der Waals surface area contributed by atoms with E-state index in [1.807, 2.05) is 6.07 Å². The van der Waals surface area contributed by atoms with Crippen LogP contribution in [0, 0.1) is 11.8 Å². The predicted molar refractivity (Wildman–Crippen MR) is 81.8 cm³/mol. The molecule has 3 heteroatoms. The van der Waals surface area contributed by atoms with E-state index in [1.165, 1.54) is 43.4 Å². The first kappa shape index (κ1) is 13.6. The highest BCUT2D eigenvalue weighted by Crippen LogP contribution is 2.41. The van der Waals surface area contributed by atoms with Crippen molar-refractivity contribution in [2.45, 2.75) is 38.5 Å². The number of ether oxygens (including phenoxy) is 2. The molecule has 1 fully saturated rings. The SMILES string of the molecule is COc1cc2c(c(OC)c1)NCC(C1CCCCC1)C2. The zero-order valence-electron chi connectivity index (χ0n) is 12.6. The highest BCUT2D eigenvalue weighted by molar-refractivity contribution is 5.66. The van der Waals surface area contributed by atoms with E-state index in [4.69, 9.17) is 9.47 Å². The first-order valence-corrected chi connectivity index (χ1v) is 7.80. The number of hydrogen-bond donors (Lipinski definition) is 1. The zero-order chi connectivity index (χ0) is 13.9. The molecule has 1 unspecified atom stereocenters. The van der Waals surface area contributed by atoms with E-state index in [0.717, 1.165) is 36.3 Å². The summed E-state index contributed by atoms with van der Waals surface area (Å²) in [6.45, 7) is 1.08. The lowest BCUT2D eigenvalue weighted by atomic mass is 9.76. The van der Waals surface area contributed by atoms with Crippen molar-refractivity contribution >= 4 is 5.69 Å². The lowest BCUT2D eigenvalue weighted by Gasteiger charge is -2.35. The second-order valence-electron chi connectivity index (χ2n) is 6.11. The molecule has 1 saturated carbocycles. The van der Waals surface area contributed by atoms with Gasteiger partial charge in [0.05, 0.1) is 19.9 Å². The molecule has 0 radical (unpaired) electrons. The first-order valence-electron chi connectivity index (χ1n) is 7.80. The van der Waals surface area contributed by atoms with Crippen LogP contribution in [0.25, 0.3) is 0 Å². The third kappa shape index (κ3) is 2.58. The molecule has 1 N–H and O–H groups in total. The summed E-state index contributed by atoms with van der Waals surface area (Å²) in [5, 5.41) is 3.60. The fourth-order valence-electron chi connectivity index (χ4n) is 3.81. The van der Waals surface area contributed by atoms with Crippen LogP contribution in [0.5, 0.6) is 11.5 Å². The molecule has 110 valence electrons.